The lowest BCUT2D eigenvalue weighted by Crippen LogP contribution is -2.49. The van der Waals surface area contributed by atoms with E-state index in [0.717, 1.165) is 29.2 Å². The maximum absolute atomic E-state index is 13.4. The molecule has 0 aliphatic carbocycles. The van der Waals surface area contributed by atoms with Crippen LogP contribution in [0.4, 0.5) is 0 Å². The summed E-state index contributed by atoms with van der Waals surface area (Å²) >= 11 is 0. The second-order valence-electron chi connectivity index (χ2n) is 7.23. The Morgan fingerprint density at radius 3 is 2.66 bits per heavy atom. The lowest BCUT2D eigenvalue weighted by molar-refractivity contribution is 0.0624. The second-order valence-corrected chi connectivity index (χ2v) is 7.23. The third-order valence-corrected chi connectivity index (χ3v) is 5.38. The summed E-state index contributed by atoms with van der Waals surface area (Å²) in [6.45, 7) is 5.92. The lowest BCUT2D eigenvalue weighted by Gasteiger charge is -2.36. The van der Waals surface area contributed by atoms with Gasteiger partial charge in [0.25, 0.3) is 5.91 Å². The monoisotopic (exact) mass is 391 g/mol. The Balaban J connectivity index is 1.67. The van der Waals surface area contributed by atoms with Crippen molar-refractivity contribution in [3.8, 4) is 11.4 Å². The number of hydrogen-bond acceptors (Lipinski definition) is 5. The Bertz CT molecular complexity index is 1010. The number of carbonyl (C=O) groups excluding carboxylic acids is 1. The maximum atomic E-state index is 13.4. The van der Waals surface area contributed by atoms with Crippen LogP contribution < -0.4 is 10.1 Å². The molecule has 1 aliphatic heterocycles. The molecule has 0 radical (unpaired) electrons. The van der Waals surface area contributed by atoms with Gasteiger partial charge in [-0.05, 0) is 32.0 Å². The van der Waals surface area contributed by atoms with Crippen LogP contribution in [0.15, 0.2) is 48.5 Å². The Morgan fingerprint density at radius 1 is 1.14 bits per heavy atom. The molecule has 7 nitrogen and oxygen atoms in total. The molecule has 1 aliphatic rings. The van der Waals surface area contributed by atoms with Gasteiger partial charge in [-0.15, -0.1) is 5.10 Å². The number of hydrogen-bond donors (Lipinski definition) is 1. The van der Waals surface area contributed by atoms with E-state index in [1.807, 2.05) is 67.3 Å². The van der Waals surface area contributed by atoms with Crippen molar-refractivity contribution < 1.29 is 9.53 Å². The molecule has 1 saturated heterocycles. The third kappa shape index (κ3) is 3.61. The molecule has 0 spiro atoms. The van der Waals surface area contributed by atoms with Crippen molar-refractivity contribution in [2.75, 3.05) is 26.7 Å². The Hall–Kier alpha value is -3.19. The maximum Gasteiger partial charge on any atom is 0.276 e. The molecule has 0 bridgehead atoms. The normalized spacial score (nSPS) is 16.7. The van der Waals surface area contributed by atoms with E-state index in [4.69, 9.17) is 4.74 Å². The van der Waals surface area contributed by atoms with Crippen molar-refractivity contribution in [1.82, 2.24) is 25.2 Å². The number of methoxy groups -OCH3 is 1. The smallest absolute Gasteiger partial charge is 0.276 e. The molecular formula is C22H25N5O2. The summed E-state index contributed by atoms with van der Waals surface area (Å²) < 4.78 is 7.25. The summed E-state index contributed by atoms with van der Waals surface area (Å²) in [7, 11) is 1.65. The average molecular weight is 391 g/mol. The van der Waals surface area contributed by atoms with Crippen LogP contribution in [-0.4, -0.2) is 52.5 Å². The Labute approximate surface area is 170 Å². The first-order chi connectivity index (χ1) is 14.1. The molecule has 4 rings (SSSR count). The minimum Gasteiger partial charge on any atom is -0.496 e. The van der Waals surface area contributed by atoms with Gasteiger partial charge in [0.1, 0.15) is 5.75 Å². The van der Waals surface area contributed by atoms with Crippen LogP contribution in [0.2, 0.25) is 0 Å². The number of nitrogens with zero attached hydrogens (tertiary/aromatic N) is 4. The molecule has 1 N–H and O–H groups in total. The summed E-state index contributed by atoms with van der Waals surface area (Å²) in [5, 5.41) is 11.9. The number of carbonyl (C=O) groups is 1. The zero-order valence-corrected chi connectivity index (χ0v) is 16.9. The van der Waals surface area contributed by atoms with Gasteiger partial charge in [0.2, 0.25) is 0 Å². The lowest BCUT2D eigenvalue weighted by atomic mass is 10.0. The van der Waals surface area contributed by atoms with Crippen LogP contribution in [-0.2, 0) is 0 Å². The summed E-state index contributed by atoms with van der Waals surface area (Å²) in [5.74, 6) is 0.664. The highest BCUT2D eigenvalue weighted by molar-refractivity contribution is 5.93. The van der Waals surface area contributed by atoms with Crippen LogP contribution in [0.1, 0.15) is 33.4 Å². The minimum atomic E-state index is -0.128. The zero-order chi connectivity index (χ0) is 20.4. The SMILES string of the molecule is COc1ccccc1C1CNCCN1C(=O)c1nnn(-c2ccc(C)cc2)c1C. The molecule has 1 aromatic heterocycles. The van der Waals surface area contributed by atoms with Crippen molar-refractivity contribution in [3.05, 3.63) is 71.0 Å². The van der Waals surface area contributed by atoms with Crippen molar-refractivity contribution in [3.63, 3.8) is 0 Å². The number of rotatable bonds is 4. The predicted octanol–water partition coefficient (Wildman–Crippen LogP) is 2.68. The van der Waals surface area contributed by atoms with E-state index in [0.29, 0.717) is 18.8 Å². The first kappa shape index (κ1) is 19.1. The van der Waals surface area contributed by atoms with E-state index in [-0.39, 0.29) is 11.9 Å². The van der Waals surface area contributed by atoms with Crippen LogP contribution in [0.3, 0.4) is 0 Å². The van der Waals surface area contributed by atoms with E-state index < -0.39 is 0 Å². The number of aromatic nitrogens is 3. The molecule has 1 fully saturated rings. The predicted molar refractivity (Wildman–Crippen MR) is 110 cm³/mol. The fraction of sp³-hybridized carbons (Fsp3) is 0.318. The highest BCUT2D eigenvalue weighted by Gasteiger charge is 2.33. The number of amides is 1. The molecule has 0 saturated carbocycles. The van der Waals surface area contributed by atoms with E-state index >= 15 is 0 Å². The second kappa shape index (κ2) is 8.05. The number of piperazine rings is 1. The number of nitrogens with one attached hydrogen (secondary N) is 1. The van der Waals surface area contributed by atoms with Crippen LogP contribution in [0.25, 0.3) is 5.69 Å². The van der Waals surface area contributed by atoms with E-state index in [1.54, 1.807) is 11.8 Å². The fourth-order valence-electron chi connectivity index (χ4n) is 3.76. The summed E-state index contributed by atoms with van der Waals surface area (Å²) in [4.78, 5) is 15.3. The van der Waals surface area contributed by atoms with Crippen molar-refractivity contribution in [2.45, 2.75) is 19.9 Å². The molecule has 2 aromatic carbocycles. The topological polar surface area (TPSA) is 72.3 Å². The molecule has 1 unspecified atom stereocenters. The standard InChI is InChI=1S/C22H25N5O2/c1-15-8-10-17(11-9-15)27-16(2)21(24-25-27)22(28)26-13-12-23-14-19(26)18-6-4-5-7-20(18)29-3/h4-11,19,23H,12-14H2,1-3H3. The first-order valence-corrected chi connectivity index (χ1v) is 9.74. The van der Waals surface area contributed by atoms with Crippen LogP contribution in [0.5, 0.6) is 5.75 Å². The van der Waals surface area contributed by atoms with Crippen LogP contribution >= 0.6 is 0 Å². The van der Waals surface area contributed by atoms with Gasteiger partial charge in [-0.25, -0.2) is 4.68 Å². The summed E-state index contributed by atoms with van der Waals surface area (Å²) in [6.07, 6.45) is 0. The van der Waals surface area contributed by atoms with Gasteiger partial charge in [0, 0.05) is 25.2 Å². The van der Waals surface area contributed by atoms with Gasteiger partial charge in [-0.1, -0.05) is 41.1 Å². The molecule has 150 valence electrons. The highest BCUT2D eigenvalue weighted by atomic mass is 16.5. The van der Waals surface area contributed by atoms with Crippen molar-refractivity contribution in [1.29, 1.82) is 0 Å². The van der Waals surface area contributed by atoms with E-state index in [1.165, 1.54) is 5.56 Å². The van der Waals surface area contributed by atoms with Gasteiger partial charge in [0.05, 0.1) is 24.5 Å². The Morgan fingerprint density at radius 2 is 1.90 bits per heavy atom. The van der Waals surface area contributed by atoms with Gasteiger partial charge >= 0.3 is 0 Å². The Kier molecular flexibility index (Phi) is 5.31. The molecular weight excluding hydrogens is 366 g/mol. The van der Waals surface area contributed by atoms with Crippen LogP contribution in [0, 0.1) is 13.8 Å². The fourth-order valence-corrected chi connectivity index (χ4v) is 3.76. The average Bonchev–Trinajstić information content (AvgIpc) is 3.15. The number of aryl methyl sites for hydroxylation is 1. The largest absolute Gasteiger partial charge is 0.496 e. The van der Waals surface area contributed by atoms with Gasteiger partial charge in [0.15, 0.2) is 5.69 Å². The summed E-state index contributed by atoms with van der Waals surface area (Å²) in [6, 6.07) is 15.7. The molecule has 29 heavy (non-hydrogen) atoms. The van der Waals surface area contributed by atoms with Gasteiger partial charge in [-0.2, -0.15) is 0 Å². The number of ether oxygens (including phenoxy) is 1. The van der Waals surface area contributed by atoms with Crippen molar-refractivity contribution >= 4 is 5.91 Å². The third-order valence-electron chi connectivity index (χ3n) is 5.38. The molecule has 3 aromatic rings. The molecule has 1 amide bonds. The van der Waals surface area contributed by atoms with Gasteiger partial charge in [-0.3, -0.25) is 4.79 Å². The summed E-state index contributed by atoms with van der Waals surface area (Å²) in [5.41, 5.74) is 4.16. The number of para-hydroxylation sites is 1. The zero-order valence-electron chi connectivity index (χ0n) is 16.9. The molecule has 1 atom stereocenters. The number of benzene rings is 2. The van der Waals surface area contributed by atoms with Gasteiger partial charge < -0.3 is 15.0 Å². The van der Waals surface area contributed by atoms with Crippen molar-refractivity contribution in [2.24, 2.45) is 0 Å². The molecule has 7 heteroatoms. The molecule has 2 heterocycles. The van der Waals surface area contributed by atoms with E-state index in [2.05, 4.69) is 15.6 Å². The first-order valence-electron chi connectivity index (χ1n) is 9.74. The highest BCUT2D eigenvalue weighted by Crippen LogP contribution is 2.31. The quantitative estimate of drug-likeness (QED) is 0.740. The van der Waals surface area contributed by atoms with E-state index in [9.17, 15) is 4.79 Å². The minimum absolute atomic E-state index is 0.113.